The fourth-order valence-corrected chi connectivity index (χ4v) is 3.33. The molecule has 0 spiro atoms. The Morgan fingerprint density at radius 2 is 1.90 bits per heavy atom. The van der Waals surface area contributed by atoms with Crippen molar-refractivity contribution in [3.8, 4) is 0 Å². The Balaban J connectivity index is 2.58. The summed E-state index contributed by atoms with van der Waals surface area (Å²) in [5.74, 6) is 0. The molecule has 0 fully saturated rings. The Kier molecular flexibility index (Phi) is 5.04. The van der Waals surface area contributed by atoms with Gasteiger partial charge in [0.2, 0.25) is 0 Å². The first-order valence-corrected chi connectivity index (χ1v) is 8.20. The van der Waals surface area contributed by atoms with Gasteiger partial charge in [-0.25, -0.2) is 0 Å². The van der Waals surface area contributed by atoms with Gasteiger partial charge >= 0.3 is 0 Å². The highest BCUT2D eigenvalue weighted by Gasteiger charge is 2.23. The van der Waals surface area contributed by atoms with Gasteiger partial charge in [-0.2, -0.15) is 5.10 Å². The minimum atomic E-state index is 0.0866. The third-order valence-electron chi connectivity index (χ3n) is 3.30. The molecule has 0 amide bonds. The molecule has 0 aliphatic rings. The maximum atomic E-state index is 4.48. The first-order chi connectivity index (χ1) is 9.45. The van der Waals surface area contributed by atoms with Crippen LogP contribution in [0.3, 0.4) is 0 Å². The Morgan fingerprint density at radius 1 is 1.20 bits per heavy atom. The van der Waals surface area contributed by atoms with E-state index in [0.29, 0.717) is 6.04 Å². The van der Waals surface area contributed by atoms with Crippen LogP contribution in [0, 0.1) is 6.92 Å². The molecule has 3 nitrogen and oxygen atoms in total. The smallest absolute Gasteiger partial charge is 0.0768 e. The number of nitrogens with one attached hydrogen (secondary N) is 1. The van der Waals surface area contributed by atoms with E-state index < -0.39 is 0 Å². The lowest BCUT2D eigenvalue weighted by Crippen LogP contribution is -2.23. The predicted octanol–water partition coefficient (Wildman–Crippen LogP) is 4.61. The third-order valence-corrected chi connectivity index (χ3v) is 4.63. The summed E-state index contributed by atoms with van der Waals surface area (Å²) in [6.07, 6.45) is 1.86. The zero-order valence-corrected chi connectivity index (χ0v) is 15.3. The maximum absolute atomic E-state index is 4.48. The zero-order chi connectivity index (χ0) is 14.9. The number of hydrogen-bond acceptors (Lipinski definition) is 2. The second-order valence-corrected chi connectivity index (χ2v) is 6.87. The van der Waals surface area contributed by atoms with E-state index in [1.807, 2.05) is 13.2 Å². The molecule has 1 N–H and O–H groups in total. The number of benzene rings is 1. The quantitative estimate of drug-likeness (QED) is 0.812. The molecule has 20 heavy (non-hydrogen) atoms. The molecule has 0 aliphatic heterocycles. The Hall–Kier alpha value is -0.650. The van der Waals surface area contributed by atoms with Crippen LogP contribution in [-0.4, -0.2) is 16.8 Å². The molecule has 0 bridgehead atoms. The molecule has 0 radical (unpaired) electrons. The van der Waals surface area contributed by atoms with E-state index >= 15 is 0 Å². The number of rotatable bonds is 4. The maximum Gasteiger partial charge on any atom is 0.0768 e. The van der Waals surface area contributed by atoms with E-state index in [0.717, 1.165) is 14.6 Å². The van der Waals surface area contributed by atoms with E-state index in [1.165, 1.54) is 11.1 Å². The normalized spacial score (nSPS) is 12.9. The minimum Gasteiger partial charge on any atom is -0.308 e. The van der Waals surface area contributed by atoms with E-state index in [-0.39, 0.29) is 6.04 Å². The van der Waals surface area contributed by atoms with Gasteiger partial charge in [0.15, 0.2) is 0 Å². The van der Waals surface area contributed by atoms with Gasteiger partial charge in [0.25, 0.3) is 0 Å². The predicted molar refractivity (Wildman–Crippen MR) is 90.1 cm³/mol. The monoisotopic (exact) mass is 399 g/mol. The minimum absolute atomic E-state index is 0.0866. The first-order valence-electron chi connectivity index (χ1n) is 6.62. The lowest BCUT2D eigenvalue weighted by molar-refractivity contribution is 0.482. The molecule has 0 saturated heterocycles. The number of aryl methyl sites for hydroxylation is 1. The fourth-order valence-electron chi connectivity index (χ4n) is 2.36. The summed E-state index contributed by atoms with van der Waals surface area (Å²) in [5.41, 5.74) is 3.61. The lowest BCUT2D eigenvalue weighted by atomic mass is 10.0. The van der Waals surface area contributed by atoms with Crippen molar-refractivity contribution < 1.29 is 0 Å². The Bertz CT molecular complexity index is 605. The van der Waals surface area contributed by atoms with Crippen molar-refractivity contribution in [1.82, 2.24) is 15.1 Å². The van der Waals surface area contributed by atoms with Crippen LogP contribution in [0.25, 0.3) is 0 Å². The lowest BCUT2D eigenvalue weighted by Gasteiger charge is -2.22. The second kappa shape index (κ2) is 6.41. The Morgan fingerprint density at radius 3 is 2.50 bits per heavy atom. The van der Waals surface area contributed by atoms with Crippen LogP contribution in [0.15, 0.2) is 33.3 Å². The van der Waals surface area contributed by atoms with E-state index in [1.54, 1.807) is 0 Å². The first kappa shape index (κ1) is 15.7. The van der Waals surface area contributed by atoms with Gasteiger partial charge in [0.05, 0.1) is 22.4 Å². The van der Waals surface area contributed by atoms with Gasteiger partial charge in [-0.05, 0) is 55.4 Å². The van der Waals surface area contributed by atoms with E-state index in [4.69, 9.17) is 0 Å². The highest BCUT2D eigenvalue weighted by molar-refractivity contribution is 9.10. The van der Waals surface area contributed by atoms with Crippen LogP contribution in [-0.2, 0) is 0 Å². The highest BCUT2D eigenvalue weighted by atomic mass is 79.9. The van der Waals surface area contributed by atoms with Crippen molar-refractivity contribution in [2.75, 3.05) is 7.05 Å². The van der Waals surface area contributed by atoms with Crippen LogP contribution in [0.1, 0.15) is 42.8 Å². The van der Waals surface area contributed by atoms with Crippen molar-refractivity contribution in [3.63, 3.8) is 0 Å². The van der Waals surface area contributed by atoms with Crippen molar-refractivity contribution in [1.29, 1.82) is 0 Å². The third kappa shape index (κ3) is 3.00. The fraction of sp³-hybridized carbons (Fsp3) is 0.400. The van der Waals surface area contributed by atoms with Crippen molar-refractivity contribution in [3.05, 3.63) is 50.2 Å². The molecule has 1 heterocycles. The van der Waals surface area contributed by atoms with Gasteiger partial charge in [-0.1, -0.05) is 33.6 Å². The molecule has 2 rings (SSSR count). The number of halogens is 2. The molecule has 5 heteroatoms. The van der Waals surface area contributed by atoms with Crippen LogP contribution in [0.4, 0.5) is 0 Å². The van der Waals surface area contributed by atoms with Gasteiger partial charge in [0.1, 0.15) is 0 Å². The largest absolute Gasteiger partial charge is 0.308 e. The second-order valence-electron chi connectivity index (χ2n) is 5.16. The molecular formula is C15H19Br2N3. The number of aromatic nitrogens is 2. The van der Waals surface area contributed by atoms with Crippen LogP contribution < -0.4 is 5.32 Å². The van der Waals surface area contributed by atoms with Gasteiger partial charge < -0.3 is 5.32 Å². The highest BCUT2D eigenvalue weighted by Crippen LogP contribution is 2.34. The van der Waals surface area contributed by atoms with E-state index in [9.17, 15) is 0 Å². The van der Waals surface area contributed by atoms with Gasteiger partial charge in [-0.3, -0.25) is 4.68 Å². The average molecular weight is 401 g/mol. The van der Waals surface area contributed by atoms with Gasteiger partial charge in [0, 0.05) is 10.5 Å². The number of nitrogens with zero attached hydrogens (tertiary/aromatic N) is 2. The average Bonchev–Trinajstić information content (AvgIpc) is 2.77. The molecule has 0 saturated carbocycles. The summed E-state index contributed by atoms with van der Waals surface area (Å²) in [5, 5.41) is 7.88. The summed E-state index contributed by atoms with van der Waals surface area (Å²) >= 11 is 7.29. The van der Waals surface area contributed by atoms with Crippen molar-refractivity contribution >= 4 is 31.9 Å². The molecule has 1 aromatic heterocycles. The van der Waals surface area contributed by atoms with Crippen LogP contribution in [0.2, 0.25) is 0 Å². The summed E-state index contributed by atoms with van der Waals surface area (Å²) in [6, 6.07) is 6.81. The SMILES string of the molecule is CNC(c1cc(C)ccc1Br)c1c(Br)cnn1C(C)C. The number of hydrogen-bond donors (Lipinski definition) is 1. The summed E-state index contributed by atoms with van der Waals surface area (Å²) in [6.45, 7) is 6.39. The Labute approximate surface area is 137 Å². The molecule has 1 atom stereocenters. The summed E-state index contributed by atoms with van der Waals surface area (Å²) in [7, 11) is 1.98. The summed E-state index contributed by atoms with van der Waals surface area (Å²) in [4.78, 5) is 0. The van der Waals surface area contributed by atoms with Gasteiger partial charge in [-0.15, -0.1) is 0 Å². The summed E-state index contributed by atoms with van der Waals surface area (Å²) < 4.78 is 4.19. The van der Waals surface area contributed by atoms with Crippen molar-refractivity contribution in [2.45, 2.75) is 32.9 Å². The van der Waals surface area contributed by atoms with E-state index in [2.05, 4.69) is 85.9 Å². The van der Waals surface area contributed by atoms with Crippen LogP contribution >= 0.6 is 31.9 Å². The molecule has 1 aromatic carbocycles. The molecule has 108 valence electrons. The molecular weight excluding hydrogens is 382 g/mol. The van der Waals surface area contributed by atoms with Crippen LogP contribution in [0.5, 0.6) is 0 Å². The topological polar surface area (TPSA) is 29.9 Å². The standard InChI is InChI=1S/C15H19Br2N3/c1-9(2)20-15(13(17)8-19-20)14(18-4)11-7-10(3)5-6-12(11)16/h5-9,14,18H,1-4H3. The zero-order valence-electron chi connectivity index (χ0n) is 12.1. The molecule has 0 aliphatic carbocycles. The van der Waals surface area contributed by atoms with Crippen molar-refractivity contribution in [2.24, 2.45) is 0 Å². The molecule has 2 aromatic rings. The molecule has 1 unspecified atom stereocenters.